The first-order valence-corrected chi connectivity index (χ1v) is 8.53. The number of nitrogens with one attached hydrogen (secondary N) is 1. The molecule has 1 atom stereocenters. The summed E-state index contributed by atoms with van der Waals surface area (Å²) in [6.07, 6.45) is 1.32. The highest BCUT2D eigenvalue weighted by Gasteiger charge is 2.22. The van der Waals surface area contributed by atoms with Crippen LogP contribution in [0.5, 0.6) is 0 Å². The summed E-state index contributed by atoms with van der Waals surface area (Å²) in [5.74, 6) is -0.0586. The molecular formula is C7H16N2O4S3. The van der Waals surface area contributed by atoms with Crippen LogP contribution in [-0.4, -0.2) is 45.6 Å². The Bertz CT molecular complexity index is 440. The van der Waals surface area contributed by atoms with Crippen LogP contribution in [0.2, 0.25) is 0 Å². The number of sulfone groups is 1. The first kappa shape index (κ1) is 15.8. The van der Waals surface area contributed by atoms with Crippen LogP contribution in [0.1, 0.15) is 13.3 Å². The standard InChI is InChI=1S/C7H16N2O4S3/c1-6(7(8)14)16(12,13)9-4-3-5-15(2,10)11/h6,9H,3-5H2,1-2H3,(H2,8,14). The molecule has 0 aliphatic carbocycles. The molecule has 96 valence electrons. The fraction of sp³-hybridized carbons (Fsp3) is 0.857. The molecule has 16 heavy (non-hydrogen) atoms. The molecule has 0 saturated carbocycles. The molecule has 0 rings (SSSR count). The minimum atomic E-state index is -3.59. The lowest BCUT2D eigenvalue weighted by Crippen LogP contribution is -2.40. The van der Waals surface area contributed by atoms with Crippen molar-refractivity contribution in [1.82, 2.24) is 4.72 Å². The zero-order valence-electron chi connectivity index (χ0n) is 9.13. The summed E-state index contributed by atoms with van der Waals surface area (Å²) in [6, 6.07) is 0. The summed E-state index contributed by atoms with van der Waals surface area (Å²) in [5.41, 5.74) is 5.21. The van der Waals surface area contributed by atoms with Gasteiger partial charge in [-0.25, -0.2) is 21.6 Å². The van der Waals surface area contributed by atoms with E-state index in [1.807, 2.05) is 0 Å². The molecule has 3 N–H and O–H groups in total. The van der Waals surface area contributed by atoms with Crippen LogP contribution in [0.25, 0.3) is 0 Å². The van der Waals surface area contributed by atoms with Crippen LogP contribution in [-0.2, 0) is 19.9 Å². The van der Waals surface area contributed by atoms with Gasteiger partial charge in [-0.3, -0.25) is 0 Å². The highest BCUT2D eigenvalue weighted by molar-refractivity contribution is 7.93. The normalized spacial score (nSPS) is 14.6. The van der Waals surface area contributed by atoms with Crippen LogP contribution >= 0.6 is 12.2 Å². The van der Waals surface area contributed by atoms with Gasteiger partial charge in [-0.1, -0.05) is 12.2 Å². The van der Waals surface area contributed by atoms with Crippen molar-refractivity contribution in [3.05, 3.63) is 0 Å². The van der Waals surface area contributed by atoms with Crippen molar-refractivity contribution in [2.24, 2.45) is 5.73 Å². The summed E-state index contributed by atoms with van der Waals surface area (Å²) in [5, 5.41) is -0.958. The second kappa shape index (κ2) is 5.89. The van der Waals surface area contributed by atoms with E-state index >= 15 is 0 Å². The Kier molecular flexibility index (Phi) is 5.80. The molecule has 0 amide bonds. The fourth-order valence-corrected chi connectivity index (χ4v) is 2.86. The molecule has 0 heterocycles. The summed E-state index contributed by atoms with van der Waals surface area (Å²) >= 11 is 4.57. The number of nitrogens with two attached hydrogens (primary N) is 1. The zero-order chi connectivity index (χ0) is 13.0. The quantitative estimate of drug-likeness (QED) is 0.460. The lowest BCUT2D eigenvalue weighted by molar-refractivity contribution is 0.574. The molecule has 0 aromatic heterocycles. The van der Waals surface area contributed by atoms with Gasteiger partial charge in [0.1, 0.15) is 15.1 Å². The summed E-state index contributed by atoms with van der Waals surface area (Å²) in [4.78, 5) is -0.115. The summed E-state index contributed by atoms with van der Waals surface area (Å²) < 4.78 is 46.7. The van der Waals surface area contributed by atoms with Gasteiger partial charge in [0.2, 0.25) is 10.0 Å². The first-order chi connectivity index (χ1) is 7.06. The van der Waals surface area contributed by atoms with Crippen molar-refractivity contribution in [2.75, 3.05) is 18.6 Å². The largest absolute Gasteiger partial charge is 0.392 e. The van der Waals surface area contributed by atoms with Gasteiger partial charge < -0.3 is 5.73 Å². The maximum atomic E-state index is 11.5. The van der Waals surface area contributed by atoms with Gasteiger partial charge >= 0.3 is 0 Å². The smallest absolute Gasteiger partial charge is 0.220 e. The SMILES string of the molecule is CC(C(N)=S)S(=O)(=O)NCCCS(C)(=O)=O. The van der Waals surface area contributed by atoms with E-state index < -0.39 is 25.1 Å². The van der Waals surface area contributed by atoms with Gasteiger partial charge in [0.25, 0.3) is 0 Å². The van der Waals surface area contributed by atoms with E-state index in [2.05, 4.69) is 16.9 Å². The number of sulfonamides is 1. The molecule has 9 heteroatoms. The lowest BCUT2D eigenvalue weighted by Gasteiger charge is -2.11. The van der Waals surface area contributed by atoms with Crippen LogP contribution in [0, 0.1) is 0 Å². The van der Waals surface area contributed by atoms with Crippen molar-refractivity contribution in [1.29, 1.82) is 0 Å². The van der Waals surface area contributed by atoms with E-state index in [9.17, 15) is 16.8 Å². The Labute approximate surface area is 102 Å². The molecule has 6 nitrogen and oxygen atoms in total. The van der Waals surface area contributed by atoms with Gasteiger partial charge in [0.05, 0.1) is 10.7 Å². The number of hydrogen-bond acceptors (Lipinski definition) is 5. The molecule has 0 saturated heterocycles. The molecule has 0 bridgehead atoms. The highest BCUT2D eigenvalue weighted by Crippen LogP contribution is 1.99. The lowest BCUT2D eigenvalue weighted by atomic mass is 10.5. The Morgan fingerprint density at radius 2 is 1.88 bits per heavy atom. The highest BCUT2D eigenvalue weighted by atomic mass is 32.2. The Morgan fingerprint density at radius 3 is 2.25 bits per heavy atom. The van der Waals surface area contributed by atoms with E-state index in [0.717, 1.165) is 6.26 Å². The molecule has 0 aliphatic rings. The molecule has 0 aromatic carbocycles. The number of thiocarbonyl (C=S) groups is 1. The maximum absolute atomic E-state index is 11.5. The molecule has 0 aromatic rings. The molecule has 0 spiro atoms. The van der Waals surface area contributed by atoms with Crippen molar-refractivity contribution in [3.8, 4) is 0 Å². The first-order valence-electron chi connectivity index (χ1n) is 4.52. The van der Waals surface area contributed by atoms with Gasteiger partial charge in [0.15, 0.2) is 0 Å². The second-order valence-corrected chi connectivity index (χ2v) is 8.28. The fourth-order valence-electron chi connectivity index (χ4n) is 0.827. The molecule has 0 aliphatic heterocycles. The number of hydrogen-bond donors (Lipinski definition) is 2. The van der Waals surface area contributed by atoms with Crippen molar-refractivity contribution in [2.45, 2.75) is 18.6 Å². The second-order valence-electron chi connectivity index (χ2n) is 3.47. The van der Waals surface area contributed by atoms with E-state index in [-0.39, 0.29) is 23.7 Å². The van der Waals surface area contributed by atoms with Crippen LogP contribution in [0.15, 0.2) is 0 Å². The average molecular weight is 288 g/mol. The molecule has 1 unspecified atom stereocenters. The third-order valence-corrected chi connectivity index (χ3v) is 5.19. The third-order valence-electron chi connectivity index (χ3n) is 1.86. The van der Waals surface area contributed by atoms with E-state index in [4.69, 9.17) is 5.73 Å². The van der Waals surface area contributed by atoms with Crippen molar-refractivity contribution < 1.29 is 16.8 Å². The molecule has 0 fully saturated rings. The van der Waals surface area contributed by atoms with E-state index in [0.29, 0.717) is 0 Å². The predicted octanol–water partition coefficient (Wildman–Crippen LogP) is -0.985. The van der Waals surface area contributed by atoms with Gasteiger partial charge in [-0.05, 0) is 13.3 Å². The Hall–Kier alpha value is -0.250. The van der Waals surface area contributed by atoms with E-state index in [1.54, 1.807) is 0 Å². The maximum Gasteiger partial charge on any atom is 0.220 e. The van der Waals surface area contributed by atoms with E-state index in [1.165, 1.54) is 6.92 Å². The third kappa shape index (κ3) is 6.36. The predicted molar refractivity (Wildman–Crippen MR) is 67.5 cm³/mol. The average Bonchev–Trinajstić information content (AvgIpc) is 2.09. The van der Waals surface area contributed by atoms with Gasteiger partial charge in [-0.2, -0.15) is 0 Å². The van der Waals surface area contributed by atoms with Crippen molar-refractivity contribution in [3.63, 3.8) is 0 Å². The van der Waals surface area contributed by atoms with Crippen LogP contribution < -0.4 is 10.5 Å². The van der Waals surface area contributed by atoms with Gasteiger partial charge in [-0.15, -0.1) is 0 Å². The molecule has 0 radical (unpaired) electrons. The van der Waals surface area contributed by atoms with Crippen molar-refractivity contribution >= 4 is 37.1 Å². The zero-order valence-corrected chi connectivity index (χ0v) is 11.6. The minimum absolute atomic E-state index is 0.0579. The van der Waals surface area contributed by atoms with Crippen LogP contribution in [0.3, 0.4) is 0 Å². The summed E-state index contributed by atoms with van der Waals surface area (Å²) in [6.45, 7) is 1.43. The van der Waals surface area contributed by atoms with Gasteiger partial charge in [0, 0.05) is 12.8 Å². The topological polar surface area (TPSA) is 106 Å². The summed E-state index contributed by atoms with van der Waals surface area (Å²) in [7, 11) is -6.65. The number of rotatable bonds is 7. The minimum Gasteiger partial charge on any atom is -0.392 e. The molecular weight excluding hydrogens is 272 g/mol. The van der Waals surface area contributed by atoms with Crippen LogP contribution in [0.4, 0.5) is 0 Å². The Morgan fingerprint density at radius 1 is 1.38 bits per heavy atom. The Balaban J connectivity index is 4.17. The monoisotopic (exact) mass is 288 g/mol.